The van der Waals surface area contributed by atoms with Crippen molar-refractivity contribution in [2.24, 2.45) is 0 Å². The van der Waals surface area contributed by atoms with Crippen LogP contribution >= 0.6 is 11.8 Å². The number of carbonyl (C=O) groups is 3. The fraction of sp³-hybridized carbons (Fsp3) is 0.312. The molecule has 138 valence electrons. The quantitative estimate of drug-likeness (QED) is 0.320. The van der Waals surface area contributed by atoms with Gasteiger partial charge in [0.1, 0.15) is 11.8 Å². The van der Waals surface area contributed by atoms with Gasteiger partial charge in [-0.1, -0.05) is 0 Å². The number of carbonyl (C=O) groups excluding carboxylic acids is 3. The van der Waals surface area contributed by atoms with Gasteiger partial charge in [-0.2, -0.15) is 0 Å². The van der Waals surface area contributed by atoms with Gasteiger partial charge in [-0.15, -0.1) is 0 Å². The van der Waals surface area contributed by atoms with Crippen LogP contribution in [-0.2, 0) is 14.3 Å². The molecule has 1 heterocycles. The molecule has 0 saturated carbocycles. The third kappa shape index (κ3) is 3.85. The molecule has 26 heavy (non-hydrogen) atoms. The molecule has 1 aliphatic rings. The molecule has 1 atom stereocenters. The van der Waals surface area contributed by atoms with Crippen molar-refractivity contribution < 1.29 is 28.8 Å². The lowest BCUT2D eigenvalue weighted by atomic mass is 10.1. The summed E-state index contributed by atoms with van der Waals surface area (Å²) in [6.07, 6.45) is 1.33. The Labute approximate surface area is 153 Å². The van der Waals surface area contributed by atoms with E-state index >= 15 is 0 Å². The Bertz CT molecular complexity index is 806. The summed E-state index contributed by atoms with van der Waals surface area (Å²) in [4.78, 5) is 47.7. The number of hydrogen-bond donors (Lipinski definition) is 0. The summed E-state index contributed by atoms with van der Waals surface area (Å²) in [5.74, 6) is -1.06. The number of nitro groups is 1. The molecule has 0 unspecified atom stereocenters. The van der Waals surface area contributed by atoms with Gasteiger partial charge in [0.15, 0.2) is 0 Å². The van der Waals surface area contributed by atoms with Gasteiger partial charge >= 0.3 is 5.97 Å². The molecule has 1 aromatic carbocycles. The maximum absolute atomic E-state index is 12.5. The second-order valence-electron chi connectivity index (χ2n) is 5.16. The van der Waals surface area contributed by atoms with Gasteiger partial charge in [0, 0.05) is 17.7 Å². The molecule has 10 heteroatoms. The van der Waals surface area contributed by atoms with E-state index in [0.717, 1.165) is 4.90 Å². The lowest BCUT2D eigenvalue weighted by Crippen LogP contribution is -2.42. The molecule has 0 aliphatic carbocycles. The fourth-order valence-corrected chi connectivity index (χ4v) is 3.17. The maximum Gasteiger partial charge on any atom is 0.329 e. The minimum absolute atomic E-state index is 0.0324. The van der Waals surface area contributed by atoms with Crippen molar-refractivity contribution in [2.75, 3.05) is 13.7 Å². The van der Waals surface area contributed by atoms with E-state index in [1.807, 2.05) is 0 Å². The van der Waals surface area contributed by atoms with Crippen LogP contribution in [0.2, 0.25) is 0 Å². The summed E-state index contributed by atoms with van der Waals surface area (Å²) >= 11 is 0.639. The lowest BCUT2D eigenvalue weighted by molar-refractivity contribution is -0.384. The first-order valence-corrected chi connectivity index (χ1v) is 8.37. The van der Waals surface area contributed by atoms with E-state index in [4.69, 9.17) is 9.47 Å². The third-order valence-corrected chi connectivity index (χ3v) is 4.43. The molecule has 2 amide bonds. The second kappa shape index (κ2) is 8.00. The fourth-order valence-electron chi connectivity index (χ4n) is 2.27. The number of amides is 2. The van der Waals surface area contributed by atoms with Crippen LogP contribution in [0.5, 0.6) is 5.75 Å². The van der Waals surface area contributed by atoms with Crippen molar-refractivity contribution in [3.63, 3.8) is 0 Å². The molecule has 1 fully saturated rings. The third-order valence-electron chi connectivity index (χ3n) is 3.55. The number of benzene rings is 1. The first-order chi connectivity index (χ1) is 12.3. The highest BCUT2D eigenvalue weighted by molar-refractivity contribution is 8.18. The first kappa shape index (κ1) is 19.4. The van der Waals surface area contributed by atoms with E-state index < -0.39 is 28.1 Å². The van der Waals surface area contributed by atoms with Gasteiger partial charge in [-0.25, -0.2) is 4.79 Å². The Morgan fingerprint density at radius 3 is 2.69 bits per heavy atom. The Balaban J connectivity index is 2.37. The van der Waals surface area contributed by atoms with Gasteiger partial charge in [0.25, 0.3) is 16.8 Å². The van der Waals surface area contributed by atoms with Crippen LogP contribution in [0, 0.1) is 10.1 Å². The molecule has 2 rings (SSSR count). The van der Waals surface area contributed by atoms with Crippen molar-refractivity contribution >= 4 is 40.6 Å². The Hall–Kier alpha value is -2.88. The molecular formula is C16H16N2O7S. The largest absolute Gasteiger partial charge is 0.496 e. The van der Waals surface area contributed by atoms with Gasteiger partial charge in [0.05, 0.1) is 23.5 Å². The molecule has 1 saturated heterocycles. The van der Waals surface area contributed by atoms with Gasteiger partial charge < -0.3 is 9.47 Å². The average Bonchev–Trinajstić information content (AvgIpc) is 2.88. The number of hydrogen-bond acceptors (Lipinski definition) is 8. The Morgan fingerprint density at radius 1 is 1.42 bits per heavy atom. The SMILES string of the molecule is CCOC(=O)[C@H](C)N1C(=O)S/C(=C/c2cc([N+](=O)[O-])ccc2OC)C1=O. The van der Waals surface area contributed by atoms with E-state index in [1.54, 1.807) is 6.92 Å². The molecule has 1 aliphatic heterocycles. The highest BCUT2D eigenvalue weighted by Gasteiger charge is 2.41. The summed E-state index contributed by atoms with van der Waals surface area (Å²) in [6.45, 7) is 3.14. The zero-order chi connectivity index (χ0) is 19.4. The molecule has 1 aromatic rings. The summed E-state index contributed by atoms with van der Waals surface area (Å²) in [6, 6.07) is 2.84. The zero-order valence-electron chi connectivity index (χ0n) is 14.3. The van der Waals surface area contributed by atoms with Crippen LogP contribution in [0.1, 0.15) is 19.4 Å². The molecular weight excluding hydrogens is 364 g/mol. The Morgan fingerprint density at radius 2 is 2.12 bits per heavy atom. The number of nitro benzene ring substituents is 1. The molecule has 0 bridgehead atoms. The summed E-state index contributed by atoms with van der Waals surface area (Å²) in [5, 5.41) is 10.3. The first-order valence-electron chi connectivity index (χ1n) is 7.56. The highest BCUT2D eigenvalue weighted by atomic mass is 32.2. The minimum Gasteiger partial charge on any atom is -0.496 e. The predicted octanol–water partition coefficient (Wildman–Crippen LogP) is 2.59. The number of methoxy groups -OCH3 is 1. The molecule has 0 aromatic heterocycles. The summed E-state index contributed by atoms with van der Waals surface area (Å²) < 4.78 is 9.97. The zero-order valence-corrected chi connectivity index (χ0v) is 15.1. The number of ether oxygens (including phenoxy) is 2. The maximum atomic E-state index is 12.5. The van der Waals surface area contributed by atoms with Crippen molar-refractivity contribution in [3.05, 3.63) is 38.8 Å². The van der Waals surface area contributed by atoms with Gasteiger partial charge in [-0.05, 0) is 37.8 Å². The van der Waals surface area contributed by atoms with E-state index in [0.29, 0.717) is 17.5 Å². The number of imide groups is 1. The van der Waals surface area contributed by atoms with Crippen LogP contribution in [0.25, 0.3) is 6.08 Å². The number of thioether (sulfide) groups is 1. The van der Waals surface area contributed by atoms with Crippen LogP contribution in [-0.4, -0.2) is 46.7 Å². The second-order valence-corrected chi connectivity index (χ2v) is 6.16. The summed E-state index contributed by atoms with van der Waals surface area (Å²) in [5.41, 5.74) is 0.0900. The number of nitrogens with zero attached hydrogens (tertiary/aromatic N) is 2. The number of rotatable bonds is 6. The lowest BCUT2D eigenvalue weighted by Gasteiger charge is -2.19. The van der Waals surface area contributed by atoms with E-state index in [2.05, 4.69) is 0 Å². The van der Waals surface area contributed by atoms with E-state index in [1.165, 1.54) is 38.3 Å². The molecule has 0 spiro atoms. The van der Waals surface area contributed by atoms with Crippen molar-refractivity contribution in [2.45, 2.75) is 19.9 Å². The normalized spacial score (nSPS) is 16.7. The number of non-ortho nitro benzene ring substituents is 1. The molecule has 0 radical (unpaired) electrons. The molecule has 9 nitrogen and oxygen atoms in total. The number of esters is 1. The molecule has 0 N–H and O–H groups in total. The van der Waals surface area contributed by atoms with Crippen molar-refractivity contribution in [3.8, 4) is 5.75 Å². The average molecular weight is 380 g/mol. The van der Waals surface area contributed by atoms with Crippen LogP contribution in [0.3, 0.4) is 0 Å². The standard InChI is InChI=1S/C16H16N2O7S/c1-4-25-15(20)9(2)17-14(19)13(26-16(17)21)8-10-7-11(18(22)23)5-6-12(10)24-3/h5-9H,4H2,1-3H3/b13-8+/t9-/m0/s1. The van der Waals surface area contributed by atoms with Crippen molar-refractivity contribution in [1.29, 1.82) is 0 Å². The smallest absolute Gasteiger partial charge is 0.329 e. The van der Waals surface area contributed by atoms with E-state index in [9.17, 15) is 24.5 Å². The topological polar surface area (TPSA) is 116 Å². The minimum atomic E-state index is -1.07. The van der Waals surface area contributed by atoms with Crippen LogP contribution < -0.4 is 4.74 Å². The van der Waals surface area contributed by atoms with Gasteiger partial charge in [-0.3, -0.25) is 24.6 Å². The Kier molecular flexibility index (Phi) is 5.98. The monoisotopic (exact) mass is 380 g/mol. The van der Waals surface area contributed by atoms with Gasteiger partial charge in [0.2, 0.25) is 0 Å². The van der Waals surface area contributed by atoms with Crippen LogP contribution in [0.4, 0.5) is 10.5 Å². The van der Waals surface area contributed by atoms with E-state index in [-0.39, 0.29) is 22.8 Å². The predicted molar refractivity (Wildman–Crippen MR) is 93.6 cm³/mol. The van der Waals surface area contributed by atoms with Crippen LogP contribution in [0.15, 0.2) is 23.1 Å². The van der Waals surface area contributed by atoms with Crippen molar-refractivity contribution in [1.82, 2.24) is 4.90 Å². The highest BCUT2D eigenvalue weighted by Crippen LogP contribution is 2.36. The summed E-state index contributed by atoms with van der Waals surface area (Å²) in [7, 11) is 1.38.